The molecule has 5 nitrogen and oxygen atoms in total. The summed E-state index contributed by atoms with van der Waals surface area (Å²) in [5.41, 5.74) is 0.564. The van der Waals surface area contributed by atoms with Crippen molar-refractivity contribution < 1.29 is 22.0 Å². The van der Waals surface area contributed by atoms with Gasteiger partial charge in [-0.05, 0) is 48.7 Å². The lowest BCUT2D eigenvalue weighted by molar-refractivity contribution is 0.0784. The van der Waals surface area contributed by atoms with E-state index in [1.165, 1.54) is 40.5 Å². The van der Waals surface area contributed by atoms with Gasteiger partial charge in [0, 0.05) is 32.2 Å². The molecule has 0 unspecified atom stereocenters. The van der Waals surface area contributed by atoms with Crippen molar-refractivity contribution in [2.75, 3.05) is 20.1 Å². The van der Waals surface area contributed by atoms with Crippen LogP contribution in [0.4, 0.5) is 8.78 Å². The van der Waals surface area contributed by atoms with E-state index in [4.69, 9.17) is 11.6 Å². The van der Waals surface area contributed by atoms with Crippen LogP contribution < -0.4 is 0 Å². The fourth-order valence-electron chi connectivity index (χ4n) is 3.46. The molecule has 30 heavy (non-hydrogen) atoms. The molecular formula is C21H23ClF2N2O3S. The zero-order valence-electron chi connectivity index (χ0n) is 16.6. The Morgan fingerprint density at radius 2 is 1.70 bits per heavy atom. The molecule has 1 amide bonds. The summed E-state index contributed by atoms with van der Waals surface area (Å²) < 4.78 is 54.2. The first-order valence-corrected chi connectivity index (χ1v) is 11.5. The minimum absolute atomic E-state index is 0.0346. The molecule has 1 heterocycles. The molecule has 2 aromatic carbocycles. The predicted octanol–water partition coefficient (Wildman–Crippen LogP) is 4.46. The normalized spacial score (nSPS) is 15.6. The van der Waals surface area contributed by atoms with Gasteiger partial charge in [-0.3, -0.25) is 4.79 Å². The average molecular weight is 457 g/mol. The summed E-state index contributed by atoms with van der Waals surface area (Å²) in [4.78, 5) is 14.0. The molecule has 0 aromatic heterocycles. The van der Waals surface area contributed by atoms with Crippen molar-refractivity contribution in [1.29, 1.82) is 0 Å². The molecule has 9 heteroatoms. The minimum Gasteiger partial charge on any atom is -0.337 e. The van der Waals surface area contributed by atoms with Crippen LogP contribution in [0.5, 0.6) is 0 Å². The monoisotopic (exact) mass is 456 g/mol. The number of sulfonamides is 1. The number of amides is 1. The van der Waals surface area contributed by atoms with Crippen LogP contribution in [-0.2, 0) is 16.6 Å². The molecule has 2 aromatic rings. The van der Waals surface area contributed by atoms with Gasteiger partial charge in [0.25, 0.3) is 5.91 Å². The van der Waals surface area contributed by atoms with Crippen LogP contribution in [0.1, 0.15) is 41.6 Å². The molecule has 0 atom stereocenters. The Hall–Kier alpha value is -2.03. The Bertz CT molecular complexity index is 1040. The lowest BCUT2D eigenvalue weighted by Crippen LogP contribution is -2.32. The SMILES string of the molecule is CN(Cc1ccc(F)c(F)c1)C(=O)c1ccc(Cl)c(S(=O)(=O)N2CCCCCC2)c1. The highest BCUT2D eigenvalue weighted by molar-refractivity contribution is 7.89. The van der Waals surface area contributed by atoms with Gasteiger partial charge in [0.15, 0.2) is 11.6 Å². The number of rotatable bonds is 5. The van der Waals surface area contributed by atoms with Crippen molar-refractivity contribution >= 4 is 27.5 Å². The number of carbonyl (C=O) groups is 1. The van der Waals surface area contributed by atoms with E-state index in [1.54, 1.807) is 0 Å². The first-order valence-electron chi connectivity index (χ1n) is 9.69. The van der Waals surface area contributed by atoms with E-state index in [-0.39, 0.29) is 22.0 Å². The Kier molecular flexibility index (Phi) is 7.10. The maximum Gasteiger partial charge on any atom is 0.253 e. The van der Waals surface area contributed by atoms with E-state index in [2.05, 4.69) is 0 Å². The maximum atomic E-state index is 13.4. The van der Waals surface area contributed by atoms with E-state index in [1.807, 2.05) is 0 Å². The summed E-state index contributed by atoms with van der Waals surface area (Å²) >= 11 is 6.18. The summed E-state index contributed by atoms with van der Waals surface area (Å²) in [6.07, 6.45) is 3.53. The molecule has 1 aliphatic rings. The van der Waals surface area contributed by atoms with Gasteiger partial charge in [-0.2, -0.15) is 4.31 Å². The minimum atomic E-state index is -3.83. The molecule has 1 fully saturated rings. The number of hydrogen-bond donors (Lipinski definition) is 0. The smallest absolute Gasteiger partial charge is 0.253 e. The van der Waals surface area contributed by atoms with E-state index < -0.39 is 27.6 Å². The molecule has 0 aliphatic carbocycles. The highest BCUT2D eigenvalue weighted by Gasteiger charge is 2.28. The topological polar surface area (TPSA) is 57.7 Å². The molecule has 1 saturated heterocycles. The second-order valence-electron chi connectivity index (χ2n) is 7.37. The fourth-order valence-corrected chi connectivity index (χ4v) is 5.48. The third-order valence-corrected chi connectivity index (χ3v) is 7.49. The quantitative estimate of drug-likeness (QED) is 0.667. The second kappa shape index (κ2) is 9.41. The number of carbonyl (C=O) groups excluding carboxylic acids is 1. The third kappa shape index (κ3) is 4.99. The zero-order chi connectivity index (χ0) is 21.9. The highest BCUT2D eigenvalue weighted by atomic mass is 35.5. The predicted molar refractivity (Wildman–Crippen MR) is 111 cm³/mol. The highest BCUT2D eigenvalue weighted by Crippen LogP contribution is 2.28. The number of halogens is 3. The average Bonchev–Trinajstić information content (AvgIpc) is 3.00. The van der Waals surface area contributed by atoms with Crippen molar-refractivity contribution in [3.8, 4) is 0 Å². The molecular weight excluding hydrogens is 434 g/mol. The Morgan fingerprint density at radius 1 is 1.03 bits per heavy atom. The molecule has 3 rings (SSSR count). The molecule has 162 valence electrons. The Balaban J connectivity index is 1.84. The zero-order valence-corrected chi connectivity index (χ0v) is 18.1. The lowest BCUT2D eigenvalue weighted by atomic mass is 10.1. The van der Waals surface area contributed by atoms with Crippen molar-refractivity contribution in [2.24, 2.45) is 0 Å². The first-order chi connectivity index (χ1) is 14.2. The maximum absolute atomic E-state index is 13.4. The number of benzene rings is 2. The van der Waals surface area contributed by atoms with Gasteiger partial charge in [0.05, 0.1) is 5.02 Å². The number of nitrogens with zero attached hydrogens (tertiary/aromatic N) is 2. The lowest BCUT2D eigenvalue weighted by Gasteiger charge is -2.22. The van der Waals surface area contributed by atoms with Crippen molar-refractivity contribution in [2.45, 2.75) is 37.1 Å². The van der Waals surface area contributed by atoms with Gasteiger partial charge >= 0.3 is 0 Å². The molecule has 0 spiro atoms. The summed E-state index contributed by atoms with van der Waals surface area (Å²) in [5.74, 6) is -2.41. The van der Waals surface area contributed by atoms with E-state index in [0.717, 1.165) is 37.8 Å². The molecule has 0 radical (unpaired) electrons. The van der Waals surface area contributed by atoms with Crippen LogP contribution >= 0.6 is 11.6 Å². The van der Waals surface area contributed by atoms with Crippen molar-refractivity contribution in [3.05, 3.63) is 64.2 Å². The van der Waals surface area contributed by atoms with Crippen LogP contribution in [-0.4, -0.2) is 43.7 Å². The van der Waals surface area contributed by atoms with E-state index >= 15 is 0 Å². The Labute approximate surface area is 180 Å². The first kappa shape index (κ1) is 22.7. The summed E-state index contributed by atoms with van der Waals surface area (Å²) in [5, 5.41) is 0.0547. The standard InChI is InChI=1S/C21H23ClF2N2O3S/c1-25(14-15-6-9-18(23)19(24)12-15)21(27)16-7-8-17(22)20(13-16)30(28,29)26-10-4-2-3-5-11-26/h6-9,12-13H,2-5,10-11,14H2,1H3. The van der Waals surface area contributed by atoms with Crippen molar-refractivity contribution in [3.63, 3.8) is 0 Å². The number of hydrogen-bond acceptors (Lipinski definition) is 3. The molecule has 0 bridgehead atoms. The summed E-state index contributed by atoms with van der Waals surface area (Å²) in [6, 6.07) is 7.54. The van der Waals surface area contributed by atoms with Gasteiger partial charge < -0.3 is 4.90 Å². The third-order valence-electron chi connectivity index (χ3n) is 5.11. The molecule has 1 aliphatic heterocycles. The van der Waals surface area contributed by atoms with Gasteiger partial charge in [0.2, 0.25) is 10.0 Å². The van der Waals surface area contributed by atoms with Crippen LogP contribution in [0.25, 0.3) is 0 Å². The molecule has 0 N–H and O–H groups in total. The van der Waals surface area contributed by atoms with Crippen LogP contribution in [0.3, 0.4) is 0 Å². The Morgan fingerprint density at radius 3 is 2.33 bits per heavy atom. The van der Waals surface area contributed by atoms with Crippen LogP contribution in [0, 0.1) is 11.6 Å². The van der Waals surface area contributed by atoms with Crippen LogP contribution in [0.15, 0.2) is 41.3 Å². The van der Waals surface area contributed by atoms with Gasteiger partial charge in [-0.25, -0.2) is 17.2 Å². The van der Waals surface area contributed by atoms with Crippen molar-refractivity contribution in [1.82, 2.24) is 9.21 Å². The second-order valence-corrected chi connectivity index (χ2v) is 9.69. The molecule has 0 saturated carbocycles. The van der Waals surface area contributed by atoms with E-state index in [0.29, 0.717) is 18.7 Å². The summed E-state index contributed by atoms with van der Waals surface area (Å²) in [7, 11) is -2.33. The van der Waals surface area contributed by atoms with Gasteiger partial charge in [-0.1, -0.05) is 30.5 Å². The fraction of sp³-hybridized carbons (Fsp3) is 0.381. The van der Waals surface area contributed by atoms with Gasteiger partial charge in [0.1, 0.15) is 4.90 Å². The summed E-state index contributed by atoms with van der Waals surface area (Å²) in [6.45, 7) is 0.882. The van der Waals surface area contributed by atoms with E-state index in [9.17, 15) is 22.0 Å². The largest absolute Gasteiger partial charge is 0.337 e. The van der Waals surface area contributed by atoms with Crippen LogP contribution in [0.2, 0.25) is 5.02 Å². The van der Waals surface area contributed by atoms with Gasteiger partial charge in [-0.15, -0.1) is 0 Å².